The summed E-state index contributed by atoms with van der Waals surface area (Å²) in [4.78, 5) is 0. The molecule has 0 atom stereocenters. The van der Waals surface area contributed by atoms with E-state index in [2.05, 4.69) is 24.4 Å². The molecule has 2 N–H and O–H groups in total. The van der Waals surface area contributed by atoms with Crippen molar-refractivity contribution in [3.63, 3.8) is 0 Å². The molecule has 0 aliphatic rings. The molecule has 0 heterocycles. The van der Waals surface area contributed by atoms with Crippen molar-refractivity contribution in [1.29, 1.82) is 0 Å². The number of hydrogen-bond acceptors (Lipinski definition) is 2. The molecule has 0 aliphatic heterocycles. The summed E-state index contributed by atoms with van der Waals surface area (Å²) in [5.74, 6) is 0. The van der Waals surface area contributed by atoms with Gasteiger partial charge in [-0.25, -0.2) is 0 Å². The summed E-state index contributed by atoms with van der Waals surface area (Å²) >= 11 is 7.13. The quantitative estimate of drug-likeness (QED) is 0.208. The van der Waals surface area contributed by atoms with E-state index in [0.717, 1.165) is 10.1 Å². The largest absolute Gasteiger partial charge is 0.306 e. The van der Waals surface area contributed by atoms with Crippen LogP contribution in [0.1, 0.15) is 0 Å². The molecule has 0 fully saturated rings. The molecule has 11 heavy (non-hydrogen) atoms. The predicted molar refractivity (Wildman–Crippen MR) is 48.7 cm³/mol. The summed E-state index contributed by atoms with van der Waals surface area (Å²) in [6.07, 6.45) is 0. The molecule has 0 radical (unpaired) electrons. The van der Waals surface area contributed by atoms with E-state index in [1.54, 1.807) is 0 Å². The van der Waals surface area contributed by atoms with Gasteiger partial charge in [-0.05, 0) is 0 Å². The Morgan fingerprint density at radius 3 is 1.09 bits per heavy atom. The summed E-state index contributed by atoms with van der Waals surface area (Å²) in [5.41, 5.74) is 2.50. The van der Waals surface area contributed by atoms with Crippen LogP contribution < -0.4 is 0 Å². The van der Waals surface area contributed by atoms with E-state index >= 15 is 0 Å². The standard InChI is InChI=1S/2C2H5NOS.Ni/c2*1-3(4)2-5;/h2*2,4H,1H3;/p+2. The van der Waals surface area contributed by atoms with Crippen LogP contribution in [0.15, 0.2) is 0 Å². The topological polar surface area (TPSA) is 46.9 Å². The molecule has 0 spiro atoms. The summed E-state index contributed by atoms with van der Waals surface area (Å²) in [6, 6.07) is 0. The fraction of sp³-hybridized carbons (Fsp3) is 0.500. The zero-order valence-electron chi connectivity index (χ0n) is 6.15. The first-order chi connectivity index (χ1) is 4.54. The Morgan fingerprint density at radius 1 is 1.00 bits per heavy atom. The van der Waals surface area contributed by atoms with Crippen LogP contribution in [0.4, 0.5) is 0 Å². The molecule has 70 valence electrons. The molecule has 0 aromatic rings. The maximum absolute atomic E-state index is 8.06. The van der Waals surface area contributed by atoms with Crippen LogP contribution in [-0.2, 0) is 40.9 Å². The molecule has 0 amide bonds. The maximum atomic E-state index is 8.06. The van der Waals surface area contributed by atoms with Crippen molar-refractivity contribution in [2.45, 2.75) is 0 Å². The van der Waals surface area contributed by atoms with E-state index in [1.807, 2.05) is 0 Å². The first-order valence-electron chi connectivity index (χ1n) is 2.33. The fourth-order valence-electron chi connectivity index (χ4n) is 0. The van der Waals surface area contributed by atoms with Gasteiger partial charge in [-0.2, -0.15) is 0 Å². The Bertz CT molecular complexity index is 90.1. The average Bonchev–Trinajstić information content (AvgIpc) is 1.89. The van der Waals surface area contributed by atoms with Crippen LogP contribution in [0.3, 0.4) is 0 Å². The first-order valence-corrected chi connectivity index (χ1v) is 3.36. The Morgan fingerprint density at radius 2 is 1.09 bits per heavy atom. The Hall–Kier alpha value is 0.514. The zero-order valence-corrected chi connectivity index (χ0v) is 8.93. The van der Waals surface area contributed by atoms with Gasteiger partial charge in [0.25, 0.3) is 11.0 Å². The third-order valence-corrected chi connectivity index (χ3v) is 1.00. The van der Waals surface area contributed by atoms with Crippen LogP contribution in [0, 0.1) is 0 Å². The summed E-state index contributed by atoms with van der Waals surface area (Å²) in [7, 11) is 2.96. The molecule has 0 aromatic heterocycles. The SMILES string of the molecule is CN(O)C=[SH+].CN(O)C=[SH+].[Ni]. The number of nitrogens with zero attached hydrogens (tertiary/aromatic N) is 2. The van der Waals surface area contributed by atoms with Gasteiger partial charge in [-0.3, -0.25) is 0 Å². The fourth-order valence-corrected chi connectivity index (χ4v) is 0. The van der Waals surface area contributed by atoms with Gasteiger partial charge in [0.1, 0.15) is 0 Å². The van der Waals surface area contributed by atoms with Gasteiger partial charge < -0.3 is 10.4 Å². The van der Waals surface area contributed by atoms with Crippen molar-refractivity contribution in [1.82, 2.24) is 10.1 Å². The molecule has 7 heteroatoms. The molecule has 0 saturated carbocycles. The molecule has 4 nitrogen and oxygen atoms in total. The van der Waals surface area contributed by atoms with Crippen molar-refractivity contribution in [2.24, 2.45) is 0 Å². The van der Waals surface area contributed by atoms with Crippen molar-refractivity contribution in [3.8, 4) is 0 Å². The molecule has 0 saturated heterocycles. The monoisotopic (exact) mass is 242 g/mol. The maximum Gasteiger partial charge on any atom is 0.257 e. The number of thiol groups is 2. The summed E-state index contributed by atoms with van der Waals surface area (Å²) in [6.45, 7) is 0. The predicted octanol–water partition coefficient (Wildman–Crippen LogP) is -1.31. The molecule has 0 aromatic carbocycles. The molecular formula is C4H12N2NiO2S2+2. The van der Waals surface area contributed by atoms with Crippen LogP contribution in [0.2, 0.25) is 0 Å². The summed E-state index contributed by atoms with van der Waals surface area (Å²) in [5, 5.41) is 17.9. The van der Waals surface area contributed by atoms with Gasteiger partial charge in [0.15, 0.2) is 24.4 Å². The van der Waals surface area contributed by atoms with Gasteiger partial charge in [0.05, 0.1) is 0 Å². The molecular weight excluding hydrogens is 231 g/mol. The Balaban J connectivity index is -0.000000107. The van der Waals surface area contributed by atoms with Crippen LogP contribution in [-0.4, -0.2) is 45.6 Å². The molecule has 0 aliphatic carbocycles. The van der Waals surface area contributed by atoms with E-state index in [4.69, 9.17) is 10.4 Å². The van der Waals surface area contributed by atoms with Gasteiger partial charge in [-0.15, -0.1) is 10.1 Å². The van der Waals surface area contributed by atoms with Gasteiger partial charge >= 0.3 is 0 Å². The minimum absolute atomic E-state index is 0. The minimum Gasteiger partial charge on any atom is -0.306 e. The minimum atomic E-state index is 0. The van der Waals surface area contributed by atoms with E-state index in [9.17, 15) is 0 Å². The average molecular weight is 243 g/mol. The molecule has 0 rings (SSSR count). The number of hydrogen-bond donors (Lipinski definition) is 2. The molecule has 0 bridgehead atoms. The van der Waals surface area contributed by atoms with E-state index < -0.39 is 0 Å². The Labute approximate surface area is 86.6 Å². The van der Waals surface area contributed by atoms with Gasteiger partial charge in [0, 0.05) is 30.6 Å². The zero-order chi connectivity index (χ0) is 8.57. The van der Waals surface area contributed by atoms with Crippen LogP contribution in [0.25, 0.3) is 0 Å². The smallest absolute Gasteiger partial charge is 0.257 e. The second-order valence-electron chi connectivity index (χ2n) is 1.38. The van der Waals surface area contributed by atoms with Crippen molar-refractivity contribution in [3.05, 3.63) is 0 Å². The van der Waals surface area contributed by atoms with Crippen molar-refractivity contribution >= 4 is 35.4 Å². The normalized spacial score (nSPS) is 7.82. The number of hydroxylamine groups is 4. The van der Waals surface area contributed by atoms with Crippen LogP contribution in [0.5, 0.6) is 0 Å². The van der Waals surface area contributed by atoms with Crippen molar-refractivity contribution < 1.29 is 26.9 Å². The van der Waals surface area contributed by atoms with E-state index in [1.165, 1.54) is 25.1 Å². The first kappa shape index (κ1) is 17.6. The summed E-state index contributed by atoms with van der Waals surface area (Å²) < 4.78 is 0. The third-order valence-electron chi connectivity index (χ3n) is 0.334. The molecule has 0 unspecified atom stereocenters. The van der Waals surface area contributed by atoms with Gasteiger partial charge in [0.2, 0.25) is 0 Å². The second-order valence-corrected chi connectivity index (χ2v) is 1.84. The number of rotatable bonds is 2. The third kappa shape index (κ3) is 37.4. The Kier molecular flexibility index (Phi) is 21.0. The van der Waals surface area contributed by atoms with E-state index in [-0.39, 0.29) is 16.5 Å². The van der Waals surface area contributed by atoms with E-state index in [0.29, 0.717) is 0 Å². The van der Waals surface area contributed by atoms with Crippen LogP contribution >= 0.6 is 0 Å². The van der Waals surface area contributed by atoms with Crippen molar-refractivity contribution in [2.75, 3.05) is 14.1 Å². The second kappa shape index (κ2) is 13.1. The van der Waals surface area contributed by atoms with Gasteiger partial charge in [-0.1, -0.05) is 0 Å².